The molecule has 1 atom stereocenters. The van der Waals surface area contributed by atoms with Gasteiger partial charge in [0.25, 0.3) is 0 Å². The Morgan fingerprint density at radius 1 is 1.44 bits per heavy atom. The van der Waals surface area contributed by atoms with E-state index in [0.29, 0.717) is 5.69 Å². The quantitative estimate of drug-likeness (QED) is 0.923. The van der Waals surface area contributed by atoms with Crippen LogP contribution >= 0.6 is 11.3 Å². The van der Waals surface area contributed by atoms with Gasteiger partial charge in [0.05, 0.1) is 23.3 Å². The van der Waals surface area contributed by atoms with E-state index in [1.807, 2.05) is 20.8 Å². The predicted molar refractivity (Wildman–Crippen MR) is 63.2 cm³/mol. The Bertz CT molecular complexity index is 440. The smallest absolute Gasteiger partial charge is 0.288 e. The van der Waals surface area contributed by atoms with Crippen LogP contribution in [0.5, 0.6) is 0 Å². The van der Waals surface area contributed by atoms with E-state index in [1.165, 1.54) is 11.3 Å². The summed E-state index contributed by atoms with van der Waals surface area (Å²) in [6.07, 6.45) is -4.34. The molecule has 0 spiro atoms. The zero-order chi connectivity index (χ0) is 14.0. The Morgan fingerprint density at radius 3 is 2.44 bits per heavy atom. The molecule has 0 aromatic carbocycles. The molecule has 0 bridgehead atoms. The minimum Gasteiger partial charge on any atom is -0.288 e. The molecule has 18 heavy (non-hydrogen) atoms. The molecule has 3 nitrogen and oxygen atoms in total. The fourth-order valence-corrected chi connectivity index (χ4v) is 2.13. The lowest BCUT2D eigenvalue weighted by atomic mass is 9.98. The highest BCUT2D eigenvalue weighted by atomic mass is 32.1. The first-order chi connectivity index (χ1) is 8.13. The van der Waals surface area contributed by atoms with Crippen LogP contribution < -0.4 is 5.32 Å². The maximum atomic E-state index is 12.1. The number of nitrogens with one attached hydrogen (secondary N) is 1. The highest BCUT2D eigenvalue weighted by Gasteiger charge is 2.29. The Hall–Kier alpha value is -1.13. The van der Waals surface area contributed by atoms with Gasteiger partial charge < -0.3 is 0 Å². The van der Waals surface area contributed by atoms with E-state index in [1.54, 1.807) is 11.4 Å². The van der Waals surface area contributed by atoms with Crippen LogP contribution in [-0.4, -0.2) is 17.7 Å². The molecular weight excluding hydrogens is 263 g/mol. The third kappa shape index (κ3) is 4.27. The van der Waals surface area contributed by atoms with Gasteiger partial charge in [0.1, 0.15) is 6.04 Å². The summed E-state index contributed by atoms with van der Waals surface area (Å²) in [5.41, 5.74) is 0.170. The molecule has 1 aromatic rings. The van der Waals surface area contributed by atoms with Crippen molar-refractivity contribution in [1.82, 2.24) is 10.3 Å². The van der Waals surface area contributed by atoms with Gasteiger partial charge in [0.2, 0.25) is 0 Å². The summed E-state index contributed by atoms with van der Waals surface area (Å²) in [5.74, 6) is 0. The lowest BCUT2D eigenvalue weighted by Gasteiger charge is -2.14. The molecule has 0 saturated carbocycles. The van der Waals surface area contributed by atoms with Gasteiger partial charge in [0.15, 0.2) is 0 Å². The summed E-state index contributed by atoms with van der Waals surface area (Å²) >= 11 is 1.35. The van der Waals surface area contributed by atoms with Crippen molar-refractivity contribution in [2.75, 3.05) is 6.54 Å². The molecule has 1 aromatic heterocycles. The Balaban J connectivity index is 2.78. The van der Waals surface area contributed by atoms with Gasteiger partial charge in [-0.15, -0.1) is 11.3 Å². The zero-order valence-corrected chi connectivity index (χ0v) is 11.1. The number of hydrogen-bond acceptors (Lipinski definition) is 4. The van der Waals surface area contributed by atoms with Crippen LogP contribution in [0.4, 0.5) is 13.2 Å². The molecule has 0 aliphatic carbocycles. The second kappa shape index (κ2) is 5.24. The molecule has 0 saturated heterocycles. The third-order valence-corrected chi connectivity index (χ3v) is 3.38. The molecule has 0 amide bonds. The van der Waals surface area contributed by atoms with E-state index in [0.717, 1.165) is 5.01 Å². The highest BCUT2D eigenvalue weighted by molar-refractivity contribution is 7.09. The van der Waals surface area contributed by atoms with Gasteiger partial charge in [-0.05, 0) is 0 Å². The first-order valence-electron chi connectivity index (χ1n) is 5.29. The lowest BCUT2D eigenvalue weighted by Crippen LogP contribution is -2.31. The van der Waals surface area contributed by atoms with Crippen LogP contribution in [0.1, 0.15) is 37.5 Å². The van der Waals surface area contributed by atoms with Crippen molar-refractivity contribution < 1.29 is 13.2 Å². The molecule has 0 aliphatic rings. The number of nitrogens with zero attached hydrogens (tertiary/aromatic N) is 2. The van der Waals surface area contributed by atoms with E-state index >= 15 is 0 Å². The summed E-state index contributed by atoms with van der Waals surface area (Å²) < 4.78 is 36.2. The number of rotatable bonds is 3. The average molecular weight is 277 g/mol. The van der Waals surface area contributed by atoms with Gasteiger partial charge in [-0.1, -0.05) is 20.8 Å². The largest absolute Gasteiger partial charge is 0.401 e. The molecule has 1 heterocycles. The fraction of sp³-hybridized carbons (Fsp3) is 0.636. The predicted octanol–water partition coefficient (Wildman–Crippen LogP) is 3.16. The number of halogens is 3. The van der Waals surface area contributed by atoms with E-state index in [9.17, 15) is 13.2 Å². The standard InChI is InChI=1S/C11H14F3N3S/c1-10(2,3)9-17-8(5-18-9)7(4-15)16-6-11(12,13)14/h5,7,16H,6H2,1-3H3. The molecule has 1 rings (SSSR count). The van der Waals surface area contributed by atoms with Gasteiger partial charge in [-0.2, -0.15) is 18.4 Å². The van der Waals surface area contributed by atoms with Gasteiger partial charge >= 0.3 is 6.18 Å². The minimum absolute atomic E-state index is 0.174. The van der Waals surface area contributed by atoms with Crippen LogP contribution in [0.3, 0.4) is 0 Å². The van der Waals surface area contributed by atoms with Crippen molar-refractivity contribution in [3.63, 3.8) is 0 Å². The van der Waals surface area contributed by atoms with Crippen molar-refractivity contribution in [2.24, 2.45) is 0 Å². The normalized spacial score (nSPS) is 14.3. The molecule has 0 fully saturated rings. The third-order valence-electron chi connectivity index (χ3n) is 2.10. The van der Waals surface area contributed by atoms with Crippen molar-refractivity contribution in [3.05, 3.63) is 16.1 Å². The van der Waals surface area contributed by atoms with Crippen molar-refractivity contribution in [1.29, 1.82) is 5.26 Å². The van der Waals surface area contributed by atoms with Crippen LogP contribution in [-0.2, 0) is 5.41 Å². The van der Waals surface area contributed by atoms with E-state index < -0.39 is 18.8 Å². The highest BCUT2D eigenvalue weighted by Crippen LogP contribution is 2.27. The van der Waals surface area contributed by atoms with E-state index in [-0.39, 0.29) is 5.41 Å². The summed E-state index contributed by atoms with van der Waals surface area (Å²) in [5, 5.41) is 13.4. The van der Waals surface area contributed by atoms with Crippen LogP contribution in [0.25, 0.3) is 0 Å². The SMILES string of the molecule is CC(C)(C)c1nc(C(C#N)NCC(F)(F)F)cs1. The summed E-state index contributed by atoms with van der Waals surface area (Å²) in [4.78, 5) is 4.22. The van der Waals surface area contributed by atoms with Crippen molar-refractivity contribution >= 4 is 11.3 Å². The maximum absolute atomic E-state index is 12.1. The van der Waals surface area contributed by atoms with Gasteiger partial charge in [0, 0.05) is 10.8 Å². The molecule has 1 N–H and O–H groups in total. The van der Waals surface area contributed by atoms with Crippen molar-refractivity contribution in [2.45, 2.75) is 38.4 Å². The number of thiazole rings is 1. The molecular formula is C11H14F3N3S. The first kappa shape index (κ1) is 14.9. The number of nitriles is 1. The van der Waals surface area contributed by atoms with Crippen molar-refractivity contribution in [3.8, 4) is 6.07 Å². The topological polar surface area (TPSA) is 48.7 Å². The fourth-order valence-electron chi connectivity index (χ4n) is 1.20. The van der Waals surface area contributed by atoms with Gasteiger partial charge in [-0.3, -0.25) is 5.32 Å². The molecule has 0 aliphatic heterocycles. The first-order valence-corrected chi connectivity index (χ1v) is 6.17. The number of hydrogen-bond donors (Lipinski definition) is 1. The minimum atomic E-state index is -4.34. The summed E-state index contributed by atoms with van der Waals surface area (Å²) in [7, 11) is 0. The molecule has 0 radical (unpaired) electrons. The molecule has 7 heteroatoms. The van der Waals surface area contributed by atoms with E-state index in [2.05, 4.69) is 10.3 Å². The summed E-state index contributed by atoms with van der Waals surface area (Å²) in [6, 6.07) is 0.760. The molecule has 100 valence electrons. The second-order valence-corrected chi connectivity index (χ2v) is 5.74. The van der Waals surface area contributed by atoms with Gasteiger partial charge in [-0.25, -0.2) is 4.98 Å². The zero-order valence-electron chi connectivity index (χ0n) is 10.3. The lowest BCUT2D eigenvalue weighted by molar-refractivity contribution is -0.125. The Kier molecular flexibility index (Phi) is 4.35. The van der Waals surface area contributed by atoms with Crippen LogP contribution in [0.15, 0.2) is 5.38 Å². The Morgan fingerprint density at radius 2 is 2.06 bits per heavy atom. The summed E-state index contributed by atoms with van der Waals surface area (Å²) in [6.45, 7) is 4.67. The molecule has 1 unspecified atom stereocenters. The Labute approximate surface area is 108 Å². The number of aromatic nitrogens is 1. The average Bonchev–Trinajstić information content (AvgIpc) is 2.65. The van der Waals surface area contributed by atoms with Crippen LogP contribution in [0, 0.1) is 11.3 Å². The van der Waals surface area contributed by atoms with E-state index in [4.69, 9.17) is 5.26 Å². The second-order valence-electron chi connectivity index (χ2n) is 4.89. The number of alkyl halides is 3. The van der Waals surface area contributed by atoms with Crippen LogP contribution in [0.2, 0.25) is 0 Å². The maximum Gasteiger partial charge on any atom is 0.401 e. The monoisotopic (exact) mass is 277 g/mol.